The number of benzene rings is 1. The Morgan fingerprint density at radius 3 is 2.50 bits per heavy atom. The quantitative estimate of drug-likeness (QED) is 0.886. The van der Waals surface area contributed by atoms with Gasteiger partial charge in [0.25, 0.3) is 0 Å². The van der Waals surface area contributed by atoms with Crippen LogP contribution in [0.5, 0.6) is 0 Å². The molecule has 1 atom stereocenters. The van der Waals surface area contributed by atoms with Gasteiger partial charge in [0.2, 0.25) is 10.0 Å². The molecule has 0 bridgehead atoms. The maximum Gasteiger partial charge on any atom is 0.243 e. The molecule has 2 N–H and O–H groups in total. The van der Waals surface area contributed by atoms with Gasteiger partial charge < -0.3 is 5.73 Å². The first-order valence-electron chi connectivity index (χ1n) is 5.72. The lowest BCUT2D eigenvalue weighted by molar-refractivity contribution is 0.240. The van der Waals surface area contributed by atoms with E-state index in [-0.39, 0.29) is 11.4 Å². The van der Waals surface area contributed by atoms with Crippen LogP contribution in [0.1, 0.15) is 20.3 Å². The minimum absolute atomic E-state index is 0.0573. The second-order valence-corrected chi connectivity index (χ2v) is 6.45. The lowest BCUT2D eigenvalue weighted by Gasteiger charge is -2.36. The van der Waals surface area contributed by atoms with Crippen molar-refractivity contribution >= 4 is 10.0 Å². The summed E-state index contributed by atoms with van der Waals surface area (Å²) in [6.07, 6.45) is 0.578. The van der Waals surface area contributed by atoms with Crippen molar-refractivity contribution in [2.45, 2.75) is 30.7 Å². The topological polar surface area (TPSA) is 63.4 Å². The van der Waals surface area contributed by atoms with E-state index in [1.54, 1.807) is 6.92 Å². The normalized spacial score (nSPS) is 15.7. The standard InChI is InChI=1S/C12H19FN2O2S/c1-4-12(2,9-14)15(3)18(16,17)11-7-5-6-10(13)8-11/h5-8H,4,9,14H2,1-3H3. The molecular formula is C12H19FN2O2S. The van der Waals surface area contributed by atoms with E-state index in [4.69, 9.17) is 5.73 Å². The zero-order valence-corrected chi connectivity index (χ0v) is 11.7. The maximum atomic E-state index is 13.1. The number of nitrogens with zero attached hydrogens (tertiary/aromatic N) is 1. The van der Waals surface area contributed by atoms with E-state index in [2.05, 4.69) is 0 Å². The molecule has 6 heteroatoms. The minimum atomic E-state index is -3.73. The molecule has 1 unspecified atom stereocenters. The molecule has 0 saturated heterocycles. The van der Waals surface area contributed by atoms with Crippen LogP contribution in [-0.4, -0.2) is 31.9 Å². The minimum Gasteiger partial charge on any atom is -0.329 e. The van der Waals surface area contributed by atoms with E-state index in [9.17, 15) is 12.8 Å². The monoisotopic (exact) mass is 274 g/mol. The Kier molecular flexibility index (Phi) is 4.47. The smallest absolute Gasteiger partial charge is 0.243 e. The van der Waals surface area contributed by atoms with Crippen molar-refractivity contribution < 1.29 is 12.8 Å². The first-order valence-corrected chi connectivity index (χ1v) is 7.16. The predicted octanol–water partition coefficient (Wildman–Crippen LogP) is 1.57. The zero-order valence-electron chi connectivity index (χ0n) is 10.9. The van der Waals surface area contributed by atoms with Gasteiger partial charge in [-0.05, 0) is 31.5 Å². The van der Waals surface area contributed by atoms with Gasteiger partial charge in [0.1, 0.15) is 5.82 Å². The second kappa shape index (κ2) is 5.34. The van der Waals surface area contributed by atoms with Crippen molar-refractivity contribution in [2.24, 2.45) is 5.73 Å². The van der Waals surface area contributed by atoms with Gasteiger partial charge >= 0.3 is 0 Å². The summed E-state index contributed by atoms with van der Waals surface area (Å²) in [5.41, 5.74) is 4.97. The zero-order chi connectivity index (χ0) is 14.0. The van der Waals surface area contributed by atoms with Crippen molar-refractivity contribution in [1.29, 1.82) is 0 Å². The third-order valence-corrected chi connectivity index (χ3v) is 5.43. The molecule has 102 valence electrons. The van der Waals surface area contributed by atoms with Crippen LogP contribution in [0.3, 0.4) is 0 Å². The van der Waals surface area contributed by atoms with E-state index in [1.807, 2.05) is 6.92 Å². The summed E-state index contributed by atoms with van der Waals surface area (Å²) in [6.45, 7) is 3.84. The number of hydrogen-bond donors (Lipinski definition) is 1. The molecular weight excluding hydrogens is 255 g/mol. The van der Waals surface area contributed by atoms with Gasteiger partial charge in [0, 0.05) is 19.1 Å². The Labute approximate surface area is 108 Å². The van der Waals surface area contributed by atoms with Gasteiger partial charge in [-0.3, -0.25) is 0 Å². The molecule has 4 nitrogen and oxygen atoms in total. The number of rotatable bonds is 5. The Morgan fingerprint density at radius 1 is 1.44 bits per heavy atom. The van der Waals surface area contributed by atoms with Crippen molar-refractivity contribution in [2.75, 3.05) is 13.6 Å². The Hall–Kier alpha value is -0.980. The van der Waals surface area contributed by atoms with E-state index < -0.39 is 21.4 Å². The molecule has 0 aliphatic rings. The van der Waals surface area contributed by atoms with Crippen molar-refractivity contribution in [3.8, 4) is 0 Å². The van der Waals surface area contributed by atoms with Crippen molar-refractivity contribution in [1.82, 2.24) is 4.31 Å². The van der Waals surface area contributed by atoms with Crippen LogP contribution < -0.4 is 5.73 Å². The summed E-state index contributed by atoms with van der Waals surface area (Å²) in [5.74, 6) is -0.574. The molecule has 0 radical (unpaired) electrons. The van der Waals surface area contributed by atoms with Crippen LogP contribution in [0.2, 0.25) is 0 Å². The highest BCUT2D eigenvalue weighted by Crippen LogP contribution is 2.25. The molecule has 1 rings (SSSR count). The van der Waals surface area contributed by atoms with Crippen LogP contribution in [0, 0.1) is 5.82 Å². The molecule has 18 heavy (non-hydrogen) atoms. The molecule has 1 aromatic rings. The fourth-order valence-electron chi connectivity index (χ4n) is 1.57. The van der Waals surface area contributed by atoms with Gasteiger partial charge in [-0.25, -0.2) is 12.8 Å². The summed E-state index contributed by atoms with van der Waals surface area (Å²) in [7, 11) is -2.26. The van der Waals surface area contributed by atoms with Crippen molar-refractivity contribution in [3.05, 3.63) is 30.1 Å². The Morgan fingerprint density at radius 2 is 2.06 bits per heavy atom. The van der Waals surface area contributed by atoms with Crippen LogP contribution in [-0.2, 0) is 10.0 Å². The fraction of sp³-hybridized carbons (Fsp3) is 0.500. The number of sulfonamides is 1. The predicted molar refractivity (Wildman–Crippen MR) is 69.1 cm³/mol. The van der Waals surface area contributed by atoms with Crippen LogP contribution in [0.25, 0.3) is 0 Å². The van der Waals surface area contributed by atoms with Crippen LogP contribution in [0.15, 0.2) is 29.2 Å². The summed E-state index contributed by atoms with van der Waals surface area (Å²) in [5, 5.41) is 0. The number of likely N-dealkylation sites (N-methyl/N-ethyl adjacent to an activating group) is 1. The first kappa shape index (κ1) is 15.1. The highest BCUT2D eigenvalue weighted by Gasteiger charge is 2.35. The third kappa shape index (κ3) is 2.71. The molecule has 0 aliphatic heterocycles. The third-order valence-electron chi connectivity index (χ3n) is 3.42. The van der Waals surface area contributed by atoms with Gasteiger partial charge in [0.05, 0.1) is 4.90 Å². The molecule has 0 saturated carbocycles. The highest BCUT2D eigenvalue weighted by atomic mass is 32.2. The summed E-state index contributed by atoms with van der Waals surface area (Å²) < 4.78 is 39.0. The van der Waals surface area contributed by atoms with Gasteiger partial charge in [-0.1, -0.05) is 13.0 Å². The lowest BCUT2D eigenvalue weighted by Crippen LogP contribution is -2.51. The highest BCUT2D eigenvalue weighted by molar-refractivity contribution is 7.89. The van der Waals surface area contributed by atoms with Gasteiger partial charge in [-0.15, -0.1) is 0 Å². The average Bonchev–Trinajstić information content (AvgIpc) is 2.37. The van der Waals surface area contributed by atoms with Crippen LogP contribution >= 0.6 is 0 Å². The molecule has 0 amide bonds. The molecule has 1 aromatic carbocycles. The summed E-state index contributed by atoms with van der Waals surface area (Å²) in [6, 6.07) is 4.97. The van der Waals surface area contributed by atoms with Crippen molar-refractivity contribution in [3.63, 3.8) is 0 Å². The largest absolute Gasteiger partial charge is 0.329 e. The van der Waals surface area contributed by atoms with Gasteiger partial charge in [-0.2, -0.15) is 4.31 Å². The first-order chi connectivity index (χ1) is 8.28. The number of hydrogen-bond acceptors (Lipinski definition) is 3. The maximum absolute atomic E-state index is 13.1. The molecule has 0 aromatic heterocycles. The summed E-state index contributed by atoms with van der Waals surface area (Å²) in [4.78, 5) is -0.0573. The number of halogens is 1. The molecule has 0 aliphatic carbocycles. The Bertz CT molecular complexity index is 513. The van der Waals surface area contributed by atoms with Gasteiger partial charge in [0.15, 0.2) is 0 Å². The van der Waals surface area contributed by atoms with E-state index in [0.717, 1.165) is 6.07 Å². The lowest BCUT2D eigenvalue weighted by atomic mass is 10.00. The second-order valence-electron chi connectivity index (χ2n) is 4.48. The molecule has 0 spiro atoms. The average molecular weight is 274 g/mol. The molecule has 0 fully saturated rings. The van der Waals surface area contributed by atoms with E-state index in [1.165, 1.54) is 29.6 Å². The fourth-order valence-corrected chi connectivity index (χ4v) is 3.18. The number of nitrogens with two attached hydrogens (primary N) is 1. The Balaban J connectivity index is 3.23. The molecule has 0 heterocycles. The van der Waals surface area contributed by atoms with Crippen LogP contribution in [0.4, 0.5) is 4.39 Å². The van der Waals surface area contributed by atoms with E-state index >= 15 is 0 Å². The van der Waals surface area contributed by atoms with E-state index in [0.29, 0.717) is 6.42 Å². The SMILES string of the molecule is CCC(C)(CN)N(C)S(=O)(=O)c1cccc(F)c1. The summed E-state index contributed by atoms with van der Waals surface area (Å²) >= 11 is 0.